The molecule has 1 heteroatoms. The van der Waals surface area contributed by atoms with Crippen molar-refractivity contribution in [2.45, 2.75) is 109 Å². The highest BCUT2D eigenvalue weighted by molar-refractivity contribution is 5.96. The minimum atomic E-state index is 0.311. The first-order chi connectivity index (χ1) is 12.2. The van der Waals surface area contributed by atoms with E-state index in [4.69, 9.17) is 0 Å². The third-order valence-corrected chi connectivity index (χ3v) is 6.15. The van der Waals surface area contributed by atoms with Gasteiger partial charge in [0, 0.05) is 12.0 Å². The summed E-state index contributed by atoms with van der Waals surface area (Å²) in [7, 11) is 0. The lowest BCUT2D eigenvalue weighted by Crippen LogP contribution is -2.29. The van der Waals surface area contributed by atoms with E-state index in [2.05, 4.69) is 38.1 Å². The summed E-state index contributed by atoms with van der Waals surface area (Å²) in [5, 5.41) is 0. The Kier molecular flexibility index (Phi) is 8.72. The van der Waals surface area contributed by atoms with Crippen molar-refractivity contribution in [3.05, 3.63) is 35.4 Å². The molecular weight excluding hydrogens is 304 g/mol. The number of carbonyl (C=O) groups excluding carboxylic acids is 1. The molecule has 1 saturated carbocycles. The minimum absolute atomic E-state index is 0.311. The number of carbonyl (C=O) groups is 1. The zero-order valence-electron chi connectivity index (χ0n) is 16.6. The van der Waals surface area contributed by atoms with Crippen LogP contribution in [-0.4, -0.2) is 5.78 Å². The molecule has 1 aromatic rings. The van der Waals surface area contributed by atoms with E-state index in [1.807, 2.05) is 0 Å². The van der Waals surface area contributed by atoms with E-state index in [0.717, 1.165) is 18.4 Å². The number of ketones is 1. The SMILES string of the molecule is CCCCCCCC1(c2ccc(C(=O)CCCC)cc2)CCCCC1. The molecule has 0 radical (unpaired) electrons. The van der Waals surface area contributed by atoms with Gasteiger partial charge >= 0.3 is 0 Å². The predicted octanol–water partition coefficient (Wildman–Crippen LogP) is 7.62. The molecule has 1 nitrogen and oxygen atoms in total. The Morgan fingerprint density at radius 1 is 0.840 bits per heavy atom. The van der Waals surface area contributed by atoms with Crippen LogP contribution in [0.4, 0.5) is 0 Å². The van der Waals surface area contributed by atoms with Gasteiger partial charge in [0.15, 0.2) is 5.78 Å². The standard InChI is InChI=1S/C24H38O/c1-3-5-7-8-10-18-24(19-11-9-12-20-24)22-16-14-21(15-17-22)23(25)13-6-4-2/h14-17H,3-13,18-20H2,1-2H3. The van der Waals surface area contributed by atoms with E-state index in [9.17, 15) is 4.79 Å². The zero-order valence-corrected chi connectivity index (χ0v) is 16.6. The molecular formula is C24H38O. The number of benzene rings is 1. The molecule has 0 amide bonds. The van der Waals surface area contributed by atoms with Gasteiger partial charge in [-0.1, -0.05) is 95.9 Å². The van der Waals surface area contributed by atoms with Gasteiger partial charge in [0.2, 0.25) is 0 Å². The van der Waals surface area contributed by atoms with Gasteiger partial charge in [-0.15, -0.1) is 0 Å². The molecule has 1 aliphatic carbocycles. The van der Waals surface area contributed by atoms with E-state index >= 15 is 0 Å². The Bertz CT molecular complexity index is 493. The summed E-state index contributed by atoms with van der Waals surface area (Å²) in [6.07, 6.45) is 17.7. The van der Waals surface area contributed by atoms with Gasteiger partial charge < -0.3 is 0 Å². The third-order valence-electron chi connectivity index (χ3n) is 6.15. The van der Waals surface area contributed by atoms with Crippen molar-refractivity contribution in [1.82, 2.24) is 0 Å². The Hall–Kier alpha value is -1.11. The maximum atomic E-state index is 12.2. The average molecular weight is 343 g/mol. The lowest BCUT2D eigenvalue weighted by atomic mass is 9.66. The van der Waals surface area contributed by atoms with Crippen LogP contribution in [0.15, 0.2) is 24.3 Å². The summed E-state index contributed by atoms with van der Waals surface area (Å²) >= 11 is 0. The quantitative estimate of drug-likeness (QED) is 0.298. The molecule has 0 aromatic heterocycles. The number of rotatable bonds is 11. The molecule has 0 bridgehead atoms. The smallest absolute Gasteiger partial charge is 0.162 e. The second kappa shape index (κ2) is 10.8. The van der Waals surface area contributed by atoms with Gasteiger partial charge in [-0.3, -0.25) is 4.79 Å². The molecule has 0 N–H and O–H groups in total. The van der Waals surface area contributed by atoms with Crippen LogP contribution in [0.25, 0.3) is 0 Å². The largest absolute Gasteiger partial charge is 0.294 e. The fraction of sp³-hybridized carbons (Fsp3) is 0.708. The fourth-order valence-corrected chi connectivity index (χ4v) is 4.47. The second-order valence-corrected chi connectivity index (χ2v) is 8.11. The summed E-state index contributed by atoms with van der Waals surface area (Å²) in [4.78, 5) is 12.2. The first-order valence-electron chi connectivity index (χ1n) is 10.9. The van der Waals surface area contributed by atoms with E-state index in [1.165, 1.54) is 76.2 Å². The van der Waals surface area contributed by atoms with Crippen LogP contribution >= 0.6 is 0 Å². The van der Waals surface area contributed by atoms with Gasteiger partial charge in [-0.05, 0) is 36.7 Å². The highest BCUT2D eigenvalue weighted by Crippen LogP contribution is 2.43. The monoisotopic (exact) mass is 342 g/mol. The van der Waals surface area contributed by atoms with Crippen LogP contribution in [0.1, 0.15) is 120 Å². The van der Waals surface area contributed by atoms with Crippen LogP contribution in [0.2, 0.25) is 0 Å². The lowest BCUT2D eigenvalue weighted by molar-refractivity contribution is 0.0979. The number of unbranched alkanes of at least 4 members (excludes halogenated alkanes) is 5. The van der Waals surface area contributed by atoms with Crippen molar-refractivity contribution in [2.75, 3.05) is 0 Å². The highest BCUT2D eigenvalue weighted by Gasteiger charge is 2.33. The zero-order chi connectivity index (χ0) is 18.0. The number of hydrogen-bond acceptors (Lipinski definition) is 1. The fourth-order valence-electron chi connectivity index (χ4n) is 4.47. The molecule has 0 atom stereocenters. The average Bonchev–Trinajstić information content (AvgIpc) is 2.67. The molecule has 0 aliphatic heterocycles. The van der Waals surface area contributed by atoms with Crippen molar-refractivity contribution >= 4 is 5.78 Å². The van der Waals surface area contributed by atoms with Gasteiger partial charge in [0.05, 0.1) is 0 Å². The molecule has 1 aromatic carbocycles. The van der Waals surface area contributed by atoms with E-state index < -0.39 is 0 Å². The summed E-state index contributed by atoms with van der Waals surface area (Å²) in [5.41, 5.74) is 2.79. The molecule has 0 spiro atoms. The van der Waals surface area contributed by atoms with Crippen molar-refractivity contribution in [1.29, 1.82) is 0 Å². The number of hydrogen-bond donors (Lipinski definition) is 0. The van der Waals surface area contributed by atoms with E-state index in [0.29, 0.717) is 17.6 Å². The van der Waals surface area contributed by atoms with Crippen molar-refractivity contribution in [2.24, 2.45) is 0 Å². The van der Waals surface area contributed by atoms with Crippen LogP contribution in [0.5, 0.6) is 0 Å². The molecule has 0 heterocycles. The Balaban J connectivity index is 2.02. The van der Waals surface area contributed by atoms with Gasteiger partial charge in [0.1, 0.15) is 0 Å². The van der Waals surface area contributed by atoms with Crippen molar-refractivity contribution in [3.8, 4) is 0 Å². The molecule has 2 rings (SSSR count). The van der Waals surface area contributed by atoms with Gasteiger partial charge in [-0.2, -0.15) is 0 Å². The molecule has 0 unspecified atom stereocenters. The summed E-state index contributed by atoms with van der Waals surface area (Å²) in [6.45, 7) is 4.43. The van der Waals surface area contributed by atoms with Gasteiger partial charge in [-0.25, -0.2) is 0 Å². The molecule has 140 valence electrons. The molecule has 25 heavy (non-hydrogen) atoms. The Morgan fingerprint density at radius 2 is 1.48 bits per heavy atom. The summed E-state index contributed by atoms with van der Waals surface area (Å²) in [6, 6.07) is 8.74. The Morgan fingerprint density at radius 3 is 2.12 bits per heavy atom. The second-order valence-electron chi connectivity index (χ2n) is 8.11. The van der Waals surface area contributed by atoms with Crippen molar-refractivity contribution < 1.29 is 4.79 Å². The Labute approximate surface area is 155 Å². The topological polar surface area (TPSA) is 17.1 Å². The molecule has 1 fully saturated rings. The minimum Gasteiger partial charge on any atom is -0.294 e. The van der Waals surface area contributed by atoms with Gasteiger partial charge in [0.25, 0.3) is 0 Å². The lowest BCUT2D eigenvalue weighted by Gasteiger charge is -2.38. The molecule has 0 saturated heterocycles. The summed E-state index contributed by atoms with van der Waals surface area (Å²) in [5.74, 6) is 0.311. The first kappa shape index (κ1) is 20.2. The molecule has 1 aliphatic rings. The maximum absolute atomic E-state index is 12.2. The highest BCUT2D eigenvalue weighted by atomic mass is 16.1. The van der Waals surface area contributed by atoms with E-state index in [1.54, 1.807) is 0 Å². The van der Waals surface area contributed by atoms with E-state index in [-0.39, 0.29) is 0 Å². The third kappa shape index (κ3) is 5.97. The maximum Gasteiger partial charge on any atom is 0.162 e. The van der Waals surface area contributed by atoms with Crippen LogP contribution in [0.3, 0.4) is 0 Å². The first-order valence-corrected chi connectivity index (χ1v) is 10.9. The normalized spacial score (nSPS) is 16.7. The van der Waals surface area contributed by atoms with Crippen LogP contribution < -0.4 is 0 Å². The predicted molar refractivity (Wildman–Crippen MR) is 108 cm³/mol. The van der Waals surface area contributed by atoms with Crippen LogP contribution in [0, 0.1) is 0 Å². The van der Waals surface area contributed by atoms with Crippen molar-refractivity contribution in [3.63, 3.8) is 0 Å². The summed E-state index contributed by atoms with van der Waals surface area (Å²) < 4.78 is 0. The number of Topliss-reactive ketones (excluding diaryl/α,β-unsaturated/α-hetero) is 1. The van der Waals surface area contributed by atoms with Crippen LogP contribution in [-0.2, 0) is 5.41 Å².